The van der Waals surface area contributed by atoms with Crippen LogP contribution in [0.2, 0.25) is 18.1 Å². The minimum Gasteiger partial charge on any atom is -0.483 e. The molecule has 3 aromatic rings. The van der Waals surface area contributed by atoms with Gasteiger partial charge in [-0.2, -0.15) is 0 Å². The van der Waals surface area contributed by atoms with Gasteiger partial charge in [-0.1, -0.05) is 63.2 Å². The molecule has 3 heterocycles. The first-order valence-corrected chi connectivity index (χ1v) is 17.9. The normalized spacial score (nSPS) is 17.8. The number of rotatable bonds is 9. The summed E-state index contributed by atoms with van der Waals surface area (Å²) in [5.74, 6) is -3.74. The number of amides is 2. The lowest BCUT2D eigenvalue weighted by molar-refractivity contribution is -0.118. The third kappa shape index (κ3) is 6.58. The molecule has 0 fully saturated rings. The number of carbonyl (C=O) groups excluding carboxylic acids is 3. The van der Waals surface area contributed by atoms with Gasteiger partial charge in [0.25, 0.3) is 11.8 Å². The Balaban J connectivity index is 1.53. The van der Waals surface area contributed by atoms with Gasteiger partial charge in [-0.3, -0.25) is 19.2 Å². The fourth-order valence-corrected chi connectivity index (χ4v) is 6.13. The van der Waals surface area contributed by atoms with Gasteiger partial charge in [0, 0.05) is 30.9 Å². The summed E-state index contributed by atoms with van der Waals surface area (Å²) in [6.07, 6.45) is 4.24. The molecule has 0 saturated carbocycles. The Morgan fingerprint density at radius 3 is 2.46 bits per heavy atom. The molecule has 0 unspecified atom stereocenters. The highest BCUT2D eigenvalue weighted by molar-refractivity contribution is 6.74. The number of aromatic nitrogens is 1. The first-order chi connectivity index (χ1) is 21.7. The van der Waals surface area contributed by atoms with Gasteiger partial charge in [-0.15, -0.1) is 0 Å². The zero-order chi connectivity index (χ0) is 33.4. The molecule has 2 aliphatic rings. The minimum absolute atomic E-state index is 0.00790. The van der Waals surface area contributed by atoms with Crippen molar-refractivity contribution >= 4 is 25.9 Å². The summed E-state index contributed by atoms with van der Waals surface area (Å²) in [6.45, 7) is 10.3. The van der Waals surface area contributed by atoms with E-state index in [4.69, 9.17) is 9.16 Å². The summed E-state index contributed by atoms with van der Waals surface area (Å²) in [5, 5.41) is 2.41. The predicted molar refractivity (Wildman–Crippen MR) is 170 cm³/mol. The molecule has 2 atom stereocenters. The largest absolute Gasteiger partial charge is 0.483 e. The third-order valence-corrected chi connectivity index (χ3v) is 13.4. The molecule has 12 heteroatoms. The van der Waals surface area contributed by atoms with Crippen molar-refractivity contribution in [2.24, 2.45) is 0 Å². The lowest BCUT2D eigenvalue weighted by Crippen LogP contribution is -2.52. The molecule has 1 N–H and O–H groups in total. The van der Waals surface area contributed by atoms with Crippen LogP contribution in [0.5, 0.6) is 5.75 Å². The molecule has 46 heavy (non-hydrogen) atoms. The van der Waals surface area contributed by atoms with Crippen LogP contribution < -0.4 is 15.5 Å². The molecule has 0 saturated heterocycles. The van der Waals surface area contributed by atoms with Crippen molar-refractivity contribution in [1.29, 1.82) is 0 Å². The first-order valence-electron chi connectivity index (χ1n) is 15.0. The van der Waals surface area contributed by atoms with E-state index in [0.29, 0.717) is 11.6 Å². The molecular formula is C34H37F2N3O6Si. The van der Waals surface area contributed by atoms with Crippen molar-refractivity contribution in [2.45, 2.75) is 64.1 Å². The monoisotopic (exact) mass is 649 g/mol. The lowest BCUT2D eigenvalue weighted by Gasteiger charge is -2.40. The number of pyridine rings is 1. The number of ketones is 1. The molecule has 2 amide bonds. The Morgan fingerprint density at radius 1 is 1.07 bits per heavy atom. The van der Waals surface area contributed by atoms with E-state index in [0.717, 1.165) is 6.07 Å². The van der Waals surface area contributed by atoms with E-state index in [-0.39, 0.29) is 54.1 Å². The summed E-state index contributed by atoms with van der Waals surface area (Å²) in [4.78, 5) is 56.4. The topological polar surface area (TPSA) is 107 Å². The highest BCUT2D eigenvalue weighted by Gasteiger charge is 2.44. The maximum atomic E-state index is 14.2. The summed E-state index contributed by atoms with van der Waals surface area (Å²) in [7, 11) is -2.21. The van der Waals surface area contributed by atoms with Crippen molar-refractivity contribution in [3.05, 3.63) is 111 Å². The Kier molecular flexibility index (Phi) is 9.14. The van der Waals surface area contributed by atoms with Gasteiger partial charge in [-0.25, -0.2) is 8.78 Å². The average Bonchev–Trinajstić information content (AvgIpc) is 3.14. The van der Waals surface area contributed by atoms with E-state index in [1.807, 2.05) is 6.07 Å². The van der Waals surface area contributed by atoms with Crippen LogP contribution in [-0.2, 0) is 22.4 Å². The van der Waals surface area contributed by atoms with Crippen molar-refractivity contribution in [3.63, 3.8) is 0 Å². The van der Waals surface area contributed by atoms with Crippen molar-refractivity contribution in [2.75, 3.05) is 13.2 Å². The number of halogens is 2. The fraction of sp³-hybridized carbons (Fsp3) is 0.353. The van der Waals surface area contributed by atoms with Crippen LogP contribution in [0.1, 0.15) is 58.8 Å². The zero-order valence-electron chi connectivity index (χ0n) is 26.4. The SMILES string of the molecule is CC(C)(C)[Si](C)(C)OC[C@H]1C=CC(=O)[C@H]2CN1C(=O)c1c(OCc3ccccc3)c(=O)c(C(=O)NCc3ccc(F)cc3F)cn12. The Morgan fingerprint density at radius 2 is 1.78 bits per heavy atom. The van der Waals surface area contributed by atoms with E-state index in [2.05, 4.69) is 39.2 Å². The molecule has 0 spiro atoms. The van der Waals surface area contributed by atoms with Crippen LogP contribution in [0.15, 0.2) is 71.7 Å². The van der Waals surface area contributed by atoms with E-state index in [1.54, 1.807) is 30.3 Å². The second-order valence-electron chi connectivity index (χ2n) is 13.0. The molecule has 5 rings (SSSR count). The molecule has 9 nitrogen and oxygen atoms in total. The summed E-state index contributed by atoms with van der Waals surface area (Å²) >= 11 is 0. The van der Waals surface area contributed by atoms with Crippen molar-refractivity contribution < 1.29 is 32.3 Å². The Hall–Kier alpha value is -4.42. The van der Waals surface area contributed by atoms with Crippen molar-refractivity contribution in [3.8, 4) is 5.75 Å². The van der Waals surface area contributed by atoms with Gasteiger partial charge in [-0.05, 0) is 35.8 Å². The standard InChI is InChI=1S/C34H37F2N3O6Si/c1-34(2,3)46(4,5)45-20-24-13-14-28(40)27-18-38(24)33(43)29-31(44-19-21-9-7-6-8-10-21)30(41)25(17-39(27)29)32(42)37-16-22-11-12-23(35)15-26(22)36/h6-15,17,24,27H,16,18-20H2,1-5H3,(H,37,42)/t24-,27-/m1/s1. The van der Waals surface area contributed by atoms with Crippen LogP contribution in [-0.4, -0.2) is 54.6 Å². The van der Waals surface area contributed by atoms with Crippen LogP contribution in [0.25, 0.3) is 0 Å². The summed E-state index contributed by atoms with van der Waals surface area (Å²) < 4.78 is 41.4. The minimum atomic E-state index is -2.21. The van der Waals surface area contributed by atoms with E-state index in [1.165, 1.54) is 27.8 Å². The van der Waals surface area contributed by atoms with Gasteiger partial charge in [0.05, 0.1) is 12.6 Å². The summed E-state index contributed by atoms with van der Waals surface area (Å²) in [5.41, 5.74) is -0.681. The summed E-state index contributed by atoms with van der Waals surface area (Å²) in [6, 6.07) is 10.4. The number of ether oxygens (including phenoxy) is 1. The molecule has 1 aromatic heterocycles. The molecule has 0 aliphatic carbocycles. The number of hydrogen-bond donors (Lipinski definition) is 1. The molecule has 2 bridgehead atoms. The number of allylic oxidation sites excluding steroid dienone is 1. The Labute approximate surface area is 266 Å². The maximum Gasteiger partial charge on any atom is 0.275 e. The number of benzene rings is 2. The van der Waals surface area contributed by atoms with Crippen LogP contribution in [0.4, 0.5) is 8.78 Å². The van der Waals surface area contributed by atoms with Crippen LogP contribution >= 0.6 is 0 Å². The Bertz CT molecular complexity index is 1770. The second kappa shape index (κ2) is 12.8. The lowest BCUT2D eigenvalue weighted by atomic mass is 10.0. The van der Waals surface area contributed by atoms with Gasteiger partial charge in [0.2, 0.25) is 5.43 Å². The van der Waals surface area contributed by atoms with E-state index >= 15 is 0 Å². The van der Waals surface area contributed by atoms with Gasteiger partial charge in [0.15, 0.2) is 25.5 Å². The molecular weight excluding hydrogens is 612 g/mol. The van der Waals surface area contributed by atoms with Crippen molar-refractivity contribution in [1.82, 2.24) is 14.8 Å². The molecule has 2 aliphatic heterocycles. The van der Waals surface area contributed by atoms with Gasteiger partial charge >= 0.3 is 0 Å². The van der Waals surface area contributed by atoms with E-state index in [9.17, 15) is 28.0 Å². The second-order valence-corrected chi connectivity index (χ2v) is 17.8. The highest BCUT2D eigenvalue weighted by Crippen LogP contribution is 2.37. The zero-order valence-corrected chi connectivity index (χ0v) is 27.4. The number of carbonyl (C=O) groups is 3. The first kappa shape index (κ1) is 33.0. The fourth-order valence-electron chi connectivity index (χ4n) is 5.11. The van der Waals surface area contributed by atoms with Crippen LogP contribution in [0, 0.1) is 11.6 Å². The van der Waals surface area contributed by atoms with Gasteiger partial charge in [0.1, 0.15) is 29.8 Å². The number of fused-ring (bicyclic) bond motifs is 4. The molecule has 2 aromatic carbocycles. The quantitative estimate of drug-likeness (QED) is 0.321. The number of nitrogens with one attached hydrogen (secondary N) is 1. The smallest absolute Gasteiger partial charge is 0.275 e. The van der Waals surface area contributed by atoms with Gasteiger partial charge < -0.3 is 23.9 Å². The predicted octanol–water partition coefficient (Wildman–Crippen LogP) is 5.16. The number of nitrogens with zero attached hydrogens (tertiary/aromatic N) is 2. The maximum absolute atomic E-state index is 14.2. The highest BCUT2D eigenvalue weighted by atomic mass is 28.4. The van der Waals surface area contributed by atoms with Crippen LogP contribution in [0.3, 0.4) is 0 Å². The molecule has 242 valence electrons. The molecule has 0 radical (unpaired) electrons. The van der Waals surface area contributed by atoms with E-state index < -0.39 is 54.8 Å². The third-order valence-electron chi connectivity index (χ3n) is 8.92. The number of hydrogen-bond acceptors (Lipinski definition) is 6. The average molecular weight is 650 g/mol.